The van der Waals surface area contributed by atoms with Gasteiger partial charge in [0.05, 0.1) is 27.0 Å². The van der Waals surface area contributed by atoms with Crippen LogP contribution in [0.1, 0.15) is 11.1 Å². The van der Waals surface area contributed by atoms with Crippen LogP contribution in [0, 0.1) is 17.0 Å². The summed E-state index contributed by atoms with van der Waals surface area (Å²) < 4.78 is 7.13. The minimum Gasteiger partial charge on any atom is -0.492 e. The van der Waals surface area contributed by atoms with Crippen LogP contribution in [0.25, 0.3) is 11.8 Å². The monoisotopic (exact) mass is 560 g/mol. The first-order chi connectivity index (χ1) is 18.9. The number of thioether (sulfide) groups is 1. The Labute approximate surface area is 231 Å². The fourth-order valence-electron chi connectivity index (χ4n) is 3.66. The number of hydrogen-bond donors (Lipinski definition) is 0. The highest BCUT2D eigenvalue weighted by Crippen LogP contribution is 2.37. The van der Waals surface area contributed by atoms with E-state index < -0.39 is 16.1 Å². The number of aromatic nitrogens is 4. The number of carbonyl (C=O) groups excluding carboxylic acids is 2. The molecular weight excluding hydrogens is 540 g/mol. The SMILES string of the molecule is Cc1ccc(OCCN2C(=O)S/C(=C\c3ccc(Sc4nnnn4-c4ccccc4)c([N+](=O)[O-])c3)C2=O)cc1. The van der Waals surface area contributed by atoms with Gasteiger partial charge in [-0.05, 0) is 82.8 Å². The van der Waals surface area contributed by atoms with E-state index in [1.807, 2.05) is 61.5 Å². The molecule has 0 radical (unpaired) electrons. The Morgan fingerprint density at radius 1 is 1.08 bits per heavy atom. The molecule has 196 valence electrons. The van der Waals surface area contributed by atoms with Gasteiger partial charge in [0.25, 0.3) is 16.8 Å². The number of nitrogens with zero attached hydrogens (tertiary/aromatic N) is 6. The molecule has 1 aromatic heterocycles. The Morgan fingerprint density at radius 3 is 2.59 bits per heavy atom. The fourth-order valence-corrected chi connectivity index (χ4v) is 5.40. The van der Waals surface area contributed by atoms with E-state index in [0.717, 1.165) is 34.0 Å². The summed E-state index contributed by atoms with van der Waals surface area (Å²) >= 11 is 1.83. The summed E-state index contributed by atoms with van der Waals surface area (Å²) in [4.78, 5) is 38.3. The van der Waals surface area contributed by atoms with E-state index in [1.54, 1.807) is 12.1 Å². The van der Waals surface area contributed by atoms with Gasteiger partial charge in [0.1, 0.15) is 12.4 Å². The van der Waals surface area contributed by atoms with E-state index >= 15 is 0 Å². The van der Waals surface area contributed by atoms with Gasteiger partial charge in [0.15, 0.2) is 0 Å². The molecule has 0 atom stereocenters. The van der Waals surface area contributed by atoms with Crippen molar-refractivity contribution in [2.75, 3.05) is 13.2 Å². The smallest absolute Gasteiger partial charge is 0.293 e. The van der Waals surface area contributed by atoms with Gasteiger partial charge >= 0.3 is 0 Å². The van der Waals surface area contributed by atoms with Crippen molar-refractivity contribution >= 4 is 46.4 Å². The third-order valence-electron chi connectivity index (χ3n) is 5.60. The van der Waals surface area contributed by atoms with Gasteiger partial charge in [0.2, 0.25) is 5.16 Å². The summed E-state index contributed by atoms with van der Waals surface area (Å²) in [6.07, 6.45) is 1.47. The Balaban J connectivity index is 1.30. The van der Waals surface area contributed by atoms with E-state index in [2.05, 4.69) is 15.5 Å². The molecule has 5 rings (SSSR count). The molecule has 1 aliphatic heterocycles. The molecule has 1 saturated heterocycles. The highest BCUT2D eigenvalue weighted by molar-refractivity contribution is 8.18. The topological polar surface area (TPSA) is 133 Å². The van der Waals surface area contributed by atoms with Crippen LogP contribution in [-0.2, 0) is 4.79 Å². The molecule has 0 aliphatic carbocycles. The van der Waals surface area contributed by atoms with E-state index in [4.69, 9.17) is 4.74 Å². The van der Waals surface area contributed by atoms with Crippen molar-refractivity contribution in [2.45, 2.75) is 17.0 Å². The Morgan fingerprint density at radius 2 is 1.85 bits per heavy atom. The minimum absolute atomic E-state index is 0.0851. The maximum atomic E-state index is 12.9. The summed E-state index contributed by atoms with van der Waals surface area (Å²) in [5.41, 5.74) is 2.04. The number of hydrogen-bond acceptors (Lipinski definition) is 10. The number of nitro groups is 1. The molecular formula is C26H20N6O5S2. The second-order valence-corrected chi connectivity index (χ2v) is 10.3. The van der Waals surface area contributed by atoms with Crippen molar-refractivity contribution in [3.8, 4) is 11.4 Å². The van der Waals surface area contributed by atoms with Gasteiger partial charge < -0.3 is 4.74 Å². The molecule has 11 nitrogen and oxygen atoms in total. The summed E-state index contributed by atoms with van der Waals surface area (Å²) in [6.45, 7) is 2.20. The number of nitro benzene ring substituents is 1. The fraction of sp³-hybridized carbons (Fsp3) is 0.115. The first-order valence-electron chi connectivity index (χ1n) is 11.6. The van der Waals surface area contributed by atoms with Crippen molar-refractivity contribution in [2.24, 2.45) is 0 Å². The van der Waals surface area contributed by atoms with Crippen LogP contribution in [0.2, 0.25) is 0 Å². The number of amides is 2. The van der Waals surface area contributed by atoms with Crippen LogP contribution in [0.3, 0.4) is 0 Å². The maximum Gasteiger partial charge on any atom is 0.293 e. The molecule has 1 fully saturated rings. The lowest BCUT2D eigenvalue weighted by atomic mass is 10.2. The lowest BCUT2D eigenvalue weighted by Gasteiger charge is -2.13. The number of rotatable bonds is 9. The summed E-state index contributed by atoms with van der Waals surface area (Å²) in [7, 11) is 0. The minimum atomic E-state index is -0.509. The van der Waals surface area contributed by atoms with Crippen LogP contribution in [0.4, 0.5) is 10.5 Å². The highest BCUT2D eigenvalue weighted by atomic mass is 32.2. The average Bonchev–Trinajstić information content (AvgIpc) is 3.50. The van der Waals surface area contributed by atoms with E-state index in [9.17, 15) is 19.7 Å². The Bertz CT molecular complexity index is 1570. The molecule has 2 heterocycles. The van der Waals surface area contributed by atoms with Gasteiger partial charge in [-0.2, -0.15) is 4.68 Å². The van der Waals surface area contributed by atoms with Gasteiger partial charge in [-0.15, -0.1) is 5.10 Å². The number of tetrazole rings is 1. The van der Waals surface area contributed by atoms with Gasteiger partial charge in [-0.25, -0.2) is 0 Å². The van der Waals surface area contributed by atoms with Crippen molar-refractivity contribution in [3.05, 3.63) is 98.9 Å². The number of imide groups is 1. The van der Waals surface area contributed by atoms with Gasteiger partial charge in [-0.1, -0.05) is 42.0 Å². The van der Waals surface area contributed by atoms with Crippen molar-refractivity contribution in [3.63, 3.8) is 0 Å². The standard InChI is InChI=1S/C26H20N6O5S2/c1-17-7-10-20(11-8-17)37-14-13-30-24(33)23(39-26(30)34)16-18-9-12-22(21(15-18)32(35)36)38-25-27-28-29-31(25)19-5-3-2-4-6-19/h2-12,15-16H,13-14H2,1H3/b23-16-. The van der Waals surface area contributed by atoms with E-state index in [1.165, 1.54) is 16.8 Å². The molecule has 3 aromatic carbocycles. The van der Waals surface area contributed by atoms with Crippen LogP contribution in [0.15, 0.2) is 87.8 Å². The van der Waals surface area contributed by atoms with Crippen LogP contribution in [-0.4, -0.2) is 54.3 Å². The zero-order valence-electron chi connectivity index (χ0n) is 20.5. The van der Waals surface area contributed by atoms with Crippen molar-refractivity contribution in [1.29, 1.82) is 0 Å². The second kappa shape index (κ2) is 11.5. The van der Waals surface area contributed by atoms with Crippen LogP contribution >= 0.6 is 23.5 Å². The predicted octanol–water partition coefficient (Wildman–Crippen LogP) is 5.15. The molecule has 0 saturated carbocycles. The average molecular weight is 561 g/mol. The van der Waals surface area contributed by atoms with Crippen molar-refractivity contribution < 1.29 is 19.2 Å². The summed E-state index contributed by atoms with van der Waals surface area (Å²) in [5.74, 6) is 0.173. The number of ether oxygens (including phenoxy) is 1. The lowest BCUT2D eigenvalue weighted by molar-refractivity contribution is -0.387. The summed E-state index contributed by atoms with van der Waals surface area (Å²) in [6, 6.07) is 21.2. The Hall–Kier alpha value is -4.49. The second-order valence-electron chi connectivity index (χ2n) is 8.29. The maximum absolute atomic E-state index is 12.9. The lowest BCUT2D eigenvalue weighted by Crippen LogP contribution is -2.32. The third-order valence-corrected chi connectivity index (χ3v) is 7.51. The Kier molecular flexibility index (Phi) is 7.70. The zero-order valence-corrected chi connectivity index (χ0v) is 22.1. The van der Waals surface area contributed by atoms with Gasteiger partial charge in [-0.3, -0.25) is 24.6 Å². The molecule has 0 unspecified atom stereocenters. The largest absolute Gasteiger partial charge is 0.492 e. The molecule has 0 N–H and O–H groups in total. The number of aryl methyl sites for hydroxylation is 1. The van der Waals surface area contributed by atoms with E-state index in [0.29, 0.717) is 27.1 Å². The molecule has 4 aromatic rings. The quantitative estimate of drug-likeness (QED) is 0.154. The zero-order chi connectivity index (χ0) is 27.4. The van der Waals surface area contributed by atoms with Gasteiger partial charge in [0, 0.05) is 6.07 Å². The van der Waals surface area contributed by atoms with Crippen LogP contribution < -0.4 is 4.74 Å². The van der Waals surface area contributed by atoms with E-state index in [-0.39, 0.29) is 23.7 Å². The summed E-state index contributed by atoms with van der Waals surface area (Å²) in [5, 5.41) is 23.5. The number of carbonyl (C=O) groups is 2. The first kappa shape index (κ1) is 26.1. The third kappa shape index (κ3) is 5.99. The highest BCUT2D eigenvalue weighted by Gasteiger charge is 2.35. The predicted molar refractivity (Wildman–Crippen MR) is 146 cm³/mol. The first-order valence-corrected chi connectivity index (χ1v) is 13.3. The molecule has 0 spiro atoms. The molecule has 0 bridgehead atoms. The normalized spacial score (nSPS) is 14.3. The van der Waals surface area contributed by atoms with Crippen LogP contribution in [0.5, 0.6) is 5.75 Å². The number of para-hydroxylation sites is 1. The molecule has 2 amide bonds. The molecule has 13 heteroatoms. The molecule has 39 heavy (non-hydrogen) atoms. The van der Waals surface area contributed by atoms with Crippen molar-refractivity contribution in [1.82, 2.24) is 25.1 Å². The number of benzene rings is 3. The molecule has 1 aliphatic rings.